The molecule has 140 valence electrons. The van der Waals surface area contributed by atoms with Gasteiger partial charge in [0, 0.05) is 56.1 Å². The lowest BCUT2D eigenvalue weighted by molar-refractivity contribution is 0.155. The molecular formula is C20H22N4O3. The van der Waals surface area contributed by atoms with Gasteiger partial charge in [0.25, 0.3) is 0 Å². The summed E-state index contributed by atoms with van der Waals surface area (Å²) in [5.41, 5.74) is 3.02. The molecule has 1 aromatic heterocycles. The van der Waals surface area contributed by atoms with Gasteiger partial charge in [-0.2, -0.15) is 0 Å². The lowest BCUT2D eigenvalue weighted by atomic mass is 9.93. The monoisotopic (exact) mass is 366 g/mol. The second-order valence-corrected chi connectivity index (χ2v) is 7.15. The van der Waals surface area contributed by atoms with Crippen LogP contribution in [0.1, 0.15) is 29.4 Å². The Balaban J connectivity index is 1.29. The van der Waals surface area contributed by atoms with Crippen molar-refractivity contribution < 1.29 is 14.7 Å². The van der Waals surface area contributed by atoms with Gasteiger partial charge in [-0.25, -0.2) is 9.59 Å². The van der Waals surface area contributed by atoms with Crippen molar-refractivity contribution in [2.75, 3.05) is 31.5 Å². The molecule has 1 unspecified atom stereocenters. The fourth-order valence-electron chi connectivity index (χ4n) is 3.72. The molecule has 3 amide bonds. The van der Waals surface area contributed by atoms with E-state index >= 15 is 0 Å². The van der Waals surface area contributed by atoms with Crippen LogP contribution >= 0.6 is 0 Å². The maximum atomic E-state index is 12.4. The SMILES string of the molecule is O=C(O)N1CCC(c2ccc(NC(=O)N3CC(c4cccnc4)C3)cc2)C1. The Morgan fingerprint density at radius 3 is 2.37 bits per heavy atom. The number of carbonyl (C=O) groups is 2. The van der Waals surface area contributed by atoms with E-state index in [0.29, 0.717) is 32.1 Å². The average Bonchev–Trinajstić information content (AvgIpc) is 3.12. The first-order valence-electron chi connectivity index (χ1n) is 9.14. The summed E-state index contributed by atoms with van der Waals surface area (Å²) in [5, 5.41) is 12.0. The lowest BCUT2D eigenvalue weighted by Gasteiger charge is -2.39. The molecule has 0 spiro atoms. The molecule has 1 aromatic carbocycles. The van der Waals surface area contributed by atoms with Crippen LogP contribution in [-0.4, -0.2) is 58.2 Å². The number of likely N-dealkylation sites (tertiary alicyclic amines) is 2. The van der Waals surface area contributed by atoms with E-state index in [2.05, 4.69) is 10.3 Å². The summed E-state index contributed by atoms with van der Waals surface area (Å²) in [6, 6.07) is 11.6. The van der Waals surface area contributed by atoms with Gasteiger partial charge in [0.05, 0.1) is 0 Å². The van der Waals surface area contributed by atoms with Crippen LogP contribution in [0, 0.1) is 0 Å². The minimum absolute atomic E-state index is 0.0965. The Hall–Kier alpha value is -3.09. The van der Waals surface area contributed by atoms with Crippen molar-refractivity contribution in [3.8, 4) is 0 Å². The van der Waals surface area contributed by atoms with Crippen molar-refractivity contribution >= 4 is 17.8 Å². The number of amides is 3. The molecule has 2 aromatic rings. The first-order valence-corrected chi connectivity index (χ1v) is 9.14. The largest absolute Gasteiger partial charge is 0.465 e. The standard InChI is InChI=1S/C20H22N4O3/c25-19(24-12-17(13-24)15-2-1-8-21-10-15)22-18-5-3-14(4-6-18)16-7-9-23(11-16)20(26)27/h1-6,8,10,16-17H,7,9,11-13H2,(H,22,25)(H,26,27). The molecule has 1 atom stereocenters. The Morgan fingerprint density at radius 2 is 1.74 bits per heavy atom. The van der Waals surface area contributed by atoms with Gasteiger partial charge in [0.1, 0.15) is 0 Å². The van der Waals surface area contributed by atoms with E-state index in [1.807, 2.05) is 42.6 Å². The molecule has 0 bridgehead atoms. The van der Waals surface area contributed by atoms with Gasteiger partial charge in [-0.1, -0.05) is 18.2 Å². The minimum atomic E-state index is -0.861. The third kappa shape index (κ3) is 3.72. The summed E-state index contributed by atoms with van der Waals surface area (Å²) in [7, 11) is 0. The first-order chi connectivity index (χ1) is 13.1. The van der Waals surface area contributed by atoms with Gasteiger partial charge < -0.3 is 20.2 Å². The average molecular weight is 366 g/mol. The normalized spacial score (nSPS) is 19.6. The molecule has 2 fully saturated rings. The number of hydrogen-bond donors (Lipinski definition) is 2. The van der Waals surface area contributed by atoms with E-state index in [1.54, 1.807) is 11.1 Å². The summed E-state index contributed by atoms with van der Waals surface area (Å²) in [5.74, 6) is 0.577. The predicted octanol–water partition coefficient (Wildman–Crippen LogP) is 3.18. The molecule has 4 rings (SSSR count). The van der Waals surface area contributed by atoms with E-state index in [1.165, 1.54) is 4.90 Å². The minimum Gasteiger partial charge on any atom is -0.465 e. The molecule has 27 heavy (non-hydrogen) atoms. The predicted molar refractivity (Wildman–Crippen MR) is 101 cm³/mol. The topological polar surface area (TPSA) is 85.8 Å². The van der Waals surface area contributed by atoms with Crippen LogP contribution in [0.25, 0.3) is 0 Å². The van der Waals surface area contributed by atoms with Gasteiger partial charge in [0.15, 0.2) is 0 Å². The number of carboxylic acid groups (broad SMARTS) is 1. The van der Waals surface area contributed by atoms with E-state index in [0.717, 1.165) is 23.2 Å². The van der Waals surface area contributed by atoms with Crippen LogP contribution in [0.3, 0.4) is 0 Å². The number of anilines is 1. The van der Waals surface area contributed by atoms with E-state index in [9.17, 15) is 9.59 Å². The Labute approximate surface area is 157 Å². The highest BCUT2D eigenvalue weighted by Crippen LogP contribution is 2.29. The van der Waals surface area contributed by atoms with Crippen LogP contribution in [0.15, 0.2) is 48.8 Å². The molecule has 0 aliphatic carbocycles. The maximum absolute atomic E-state index is 12.4. The number of urea groups is 1. The van der Waals surface area contributed by atoms with Crippen molar-refractivity contribution in [2.24, 2.45) is 0 Å². The quantitative estimate of drug-likeness (QED) is 0.874. The number of carbonyl (C=O) groups excluding carboxylic acids is 1. The molecule has 2 aliphatic heterocycles. The van der Waals surface area contributed by atoms with Gasteiger partial charge in [0.2, 0.25) is 0 Å². The summed E-state index contributed by atoms with van der Waals surface area (Å²) in [6.07, 6.45) is 3.58. The summed E-state index contributed by atoms with van der Waals surface area (Å²) < 4.78 is 0. The summed E-state index contributed by atoms with van der Waals surface area (Å²) in [6.45, 7) is 2.50. The Morgan fingerprint density at radius 1 is 1.00 bits per heavy atom. The third-order valence-corrected chi connectivity index (χ3v) is 5.42. The van der Waals surface area contributed by atoms with Crippen molar-refractivity contribution in [1.82, 2.24) is 14.8 Å². The molecule has 0 radical (unpaired) electrons. The van der Waals surface area contributed by atoms with Crippen molar-refractivity contribution in [1.29, 1.82) is 0 Å². The van der Waals surface area contributed by atoms with Crippen molar-refractivity contribution in [2.45, 2.75) is 18.3 Å². The molecule has 3 heterocycles. The Bertz CT molecular complexity index is 819. The molecule has 7 nitrogen and oxygen atoms in total. The number of nitrogens with one attached hydrogen (secondary N) is 1. The number of benzene rings is 1. The van der Waals surface area contributed by atoms with Crippen LogP contribution < -0.4 is 5.32 Å². The van der Waals surface area contributed by atoms with Crippen LogP contribution in [-0.2, 0) is 0 Å². The maximum Gasteiger partial charge on any atom is 0.407 e. The summed E-state index contributed by atoms with van der Waals surface area (Å²) >= 11 is 0. The number of aromatic nitrogens is 1. The lowest BCUT2D eigenvalue weighted by Crippen LogP contribution is -2.50. The van der Waals surface area contributed by atoms with Gasteiger partial charge >= 0.3 is 12.1 Å². The highest BCUT2D eigenvalue weighted by Gasteiger charge is 2.32. The second kappa shape index (κ2) is 7.26. The second-order valence-electron chi connectivity index (χ2n) is 7.15. The fourth-order valence-corrected chi connectivity index (χ4v) is 3.72. The smallest absolute Gasteiger partial charge is 0.407 e. The zero-order valence-corrected chi connectivity index (χ0v) is 14.9. The zero-order valence-electron chi connectivity index (χ0n) is 14.9. The van der Waals surface area contributed by atoms with E-state index in [-0.39, 0.29) is 11.9 Å². The molecule has 2 aliphatic rings. The van der Waals surface area contributed by atoms with Gasteiger partial charge in [-0.3, -0.25) is 4.98 Å². The van der Waals surface area contributed by atoms with Gasteiger partial charge in [-0.15, -0.1) is 0 Å². The van der Waals surface area contributed by atoms with E-state index in [4.69, 9.17) is 5.11 Å². The van der Waals surface area contributed by atoms with Gasteiger partial charge in [-0.05, 0) is 35.7 Å². The van der Waals surface area contributed by atoms with Crippen molar-refractivity contribution in [3.05, 3.63) is 59.9 Å². The summed E-state index contributed by atoms with van der Waals surface area (Å²) in [4.78, 5) is 30.8. The number of pyridine rings is 1. The highest BCUT2D eigenvalue weighted by atomic mass is 16.4. The number of rotatable bonds is 3. The number of nitrogens with zero attached hydrogens (tertiary/aromatic N) is 3. The van der Waals surface area contributed by atoms with Crippen LogP contribution in [0.4, 0.5) is 15.3 Å². The fraction of sp³-hybridized carbons (Fsp3) is 0.350. The molecule has 2 N–H and O–H groups in total. The Kier molecular flexibility index (Phi) is 4.66. The van der Waals surface area contributed by atoms with Crippen LogP contribution in [0.5, 0.6) is 0 Å². The molecular weight excluding hydrogens is 344 g/mol. The molecule has 0 saturated carbocycles. The molecule has 7 heteroatoms. The molecule has 2 saturated heterocycles. The number of hydrogen-bond acceptors (Lipinski definition) is 3. The first kappa shape index (κ1) is 17.3. The zero-order chi connectivity index (χ0) is 18.8. The highest BCUT2D eigenvalue weighted by molar-refractivity contribution is 5.90. The van der Waals surface area contributed by atoms with Crippen LogP contribution in [0.2, 0.25) is 0 Å². The van der Waals surface area contributed by atoms with E-state index < -0.39 is 6.09 Å². The van der Waals surface area contributed by atoms with Crippen molar-refractivity contribution in [3.63, 3.8) is 0 Å². The third-order valence-electron chi connectivity index (χ3n) is 5.42.